The average molecular weight is 734 g/mol. The maximum absolute atomic E-state index is 9.70. The summed E-state index contributed by atoms with van der Waals surface area (Å²) in [6, 6.07) is 69.6. The molecule has 0 aromatic heterocycles. The lowest BCUT2D eigenvalue weighted by Crippen LogP contribution is -1.91. The smallest absolute Gasteiger partial charge is 0.0994 e. The number of hydrogen-bond donors (Lipinski definition) is 0. The van der Waals surface area contributed by atoms with E-state index in [1.165, 1.54) is 109 Å². The van der Waals surface area contributed by atoms with Crippen molar-refractivity contribution < 1.29 is 0 Å². The highest BCUT2D eigenvalue weighted by Gasteiger charge is 2.27. The number of hydrogen-bond acceptors (Lipinski definition) is 1. The number of rotatable bonds is 5. The first-order valence-electron chi connectivity index (χ1n) is 20.2. The summed E-state index contributed by atoms with van der Waals surface area (Å²) in [5.74, 6) is 0. The van der Waals surface area contributed by atoms with E-state index in [0.717, 1.165) is 28.7 Å². The molecule has 0 amide bonds. The van der Waals surface area contributed by atoms with Gasteiger partial charge < -0.3 is 0 Å². The first-order chi connectivity index (χ1) is 28.7. The fraction of sp³-hybridized carbons (Fsp3) is 0.0351. The fourth-order valence-corrected chi connectivity index (χ4v) is 10.3. The van der Waals surface area contributed by atoms with E-state index in [0.29, 0.717) is 0 Å². The van der Waals surface area contributed by atoms with Crippen LogP contribution in [0.4, 0.5) is 0 Å². The number of fused-ring (bicyclic) bond motifs is 8. The first-order valence-corrected chi connectivity index (χ1v) is 20.2. The molecule has 0 aliphatic heterocycles. The molecule has 0 N–H and O–H groups in total. The highest BCUT2D eigenvalue weighted by Crippen LogP contribution is 2.55. The van der Waals surface area contributed by atoms with Gasteiger partial charge in [0.05, 0.1) is 11.6 Å². The molecule has 268 valence electrons. The minimum Gasteiger partial charge on any atom is -0.192 e. The predicted octanol–water partition coefficient (Wildman–Crippen LogP) is 15.7. The third-order valence-electron chi connectivity index (χ3n) is 12.8. The monoisotopic (exact) mass is 733 g/mol. The van der Waals surface area contributed by atoms with Crippen molar-refractivity contribution in [3.05, 3.63) is 193 Å². The number of aryl methyl sites for hydroxylation is 1. The minimum atomic E-state index is 0.749. The topological polar surface area (TPSA) is 23.8 Å². The van der Waals surface area contributed by atoms with Gasteiger partial charge in [-0.25, -0.2) is 0 Å². The average Bonchev–Trinajstić information content (AvgIpc) is 3.80. The van der Waals surface area contributed by atoms with Crippen LogP contribution in [-0.2, 0) is 6.42 Å². The molecular weight excluding hydrogens is 699 g/mol. The zero-order chi connectivity index (χ0) is 38.5. The predicted molar refractivity (Wildman–Crippen MR) is 247 cm³/mol. The molecule has 0 saturated heterocycles. The van der Waals surface area contributed by atoms with Crippen LogP contribution >= 0.6 is 0 Å². The van der Waals surface area contributed by atoms with Crippen LogP contribution in [0.15, 0.2) is 182 Å². The van der Waals surface area contributed by atoms with E-state index in [-0.39, 0.29) is 0 Å². The van der Waals surface area contributed by atoms with Crippen LogP contribution in [0.1, 0.15) is 18.1 Å². The van der Waals surface area contributed by atoms with Crippen molar-refractivity contribution in [2.24, 2.45) is 0 Å². The Kier molecular flexibility index (Phi) is 7.04. The van der Waals surface area contributed by atoms with Crippen LogP contribution < -0.4 is 0 Å². The molecule has 0 aliphatic rings. The van der Waals surface area contributed by atoms with E-state index < -0.39 is 0 Å². The standard InChI is InChI=1S/C57H35N/c1-2-34-30-38(26-27-40(34)33-58)37-18-11-19-39(31-37)41-28-29-48-53-44(41)22-12-25-47(53)57-52(36-16-7-4-8-17-36)55-46-24-13-23-45-42-20-9-10-21-43(42)49(54(45)46)32-50(55)51(56(48)57)35-14-5-3-6-15-35/h3-32H,2H2,1H3. The number of nitrogens with zero attached hydrogens (tertiary/aromatic N) is 1. The first kappa shape index (κ1) is 32.7. The Balaban J connectivity index is 1.25. The number of nitriles is 1. The molecule has 12 rings (SSSR count). The Morgan fingerprint density at radius 3 is 1.62 bits per heavy atom. The van der Waals surface area contributed by atoms with Crippen LogP contribution in [0.2, 0.25) is 0 Å². The zero-order valence-corrected chi connectivity index (χ0v) is 32.0. The van der Waals surface area contributed by atoms with E-state index in [9.17, 15) is 5.26 Å². The molecule has 0 bridgehead atoms. The third kappa shape index (κ3) is 4.52. The zero-order valence-electron chi connectivity index (χ0n) is 32.0. The second-order valence-corrected chi connectivity index (χ2v) is 15.7. The lowest BCUT2D eigenvalue weighted by molar-refractivity contribution is 1.13. The Morgan fingerprint density at radius 1 is 0.345 bits per heavy atom. The molecule has 58 heavy (non-hydrogen) atoms. The molecule has 0 radical (unpaired) electrons. The Hall–Kier alpha value is -7.53. The summed E-state index contributed by atoms with van der Waals surface area (Å²) >= 11 is 0. The SMILES string of the molecule is CCc1cc(-c2cccc(-c3ccc4c5c(-c6ccccc6)c6cc7c8ccccc8c8cccc(c6c(-c6ccccc6)c5c5cccc3c45)c87)c2)ccc1C#N. The Labute approximate surface area is 336 Å². The fourth-order valence-electron chi connectivity index (χ4n) is 10.3. The highest BCUT2D eigenvalue weighted by molar-refractivity contribution is 6.45. The summed E-state index contributed by atoms with van der Waals surface area (Å²) in [6.07, 6.45) is 0.822. The van der Waals surface area contributed by atoms with Crippen molar-refractivity contribution in [1.82, 2.24) is 0 Å². The van der Waals surface area contributed by atoms with Gasteiger partial charge in [0.2, 0.25) is 0 Å². The second-order valence-electron chi connectivity index (χ2n) is 15.7. The molecular formula is C57H35N. The normalized spacial score (nSPS) is 11.9. The molecule has 0 saturated carbocycles. The molecule has 1 nitrogen and oxygen atoms in total. The second kappa shape index (κ2) is 12.5. The van der Waals surface area contributed by atoms with Crippen molar-refractivity contribution in [3.8, 4) is 50.6 Å². The summed E-state index contributed by atoms with van der Waals surface area (Å²) in [4.78, 5) is 0. The summed E-state index contributed by atoms with van der Waals surface area (Å²) in [6.45, 7) is 2.11. The summed E-state index contributed by atoms with van der Waals surface area (Å²) in [5.41, 5.74) is 11.5. The van der Waals surface area contributed by atoms with Crippen molar-refractivity contribution >= 4 is 75.4 Å². The van der Waals surface area contributed by atoms with Crippen molar-refractivity contribution in [2.75, 3.05) is 0 Å². The van der Waals surface area contributed by atoms with Gasteiger partial charge >= 0.3 is 0 Å². The van der Waals surface area contributed by atoms with Gasteiger partial charge in [-0.05, 0) is 156 Å². The number of benzene rings is 10. The van der Waals surface area contributed by atoms with Gasteiger partial charge in [0, 0.05) is 0 Å². The largest absolute Gasteiger partial charge is 0.192 e. The molecule has 0 aliphatic carbocycles. The molecule has 0 unspecified atom stereocenters. The van der Waals surface area contributed by atoms with Gasteiger partial charge in [0.1, 0.15) is 0 Å². The molecule has 12 aromatic carbocycles. The van der Waals surface area contributed by atoms with E-state index in [2.05, 4.69) is 189 Å². The maximum Gasteiger partial charge on any atom is 0.0994 e. The van der Waals surface area contributed by atoms with Gasteiger partial charge in [0.25, 0.3) is 0 Å². The van der Waals surface area contributed by atoms with Crippen LogP contribution in [0.25, 0.3) is 120 Å². The van der Waals surface area contributed by atoms with Crippen LogP contribution in [0, 0.1) is 11.3 Å². The van der Waals surface area contributed by atoms with Gasteiger partial charge in [0.15, 0.2) is 0 Å². The lowest BCUT2D eigenvalue weighted by atomic mass is 9.84. The van der Waals surface area contributed by atoms with Gasteiger partial charge in [-0.15, -0.1) is 0 Å². The molecule has 0 heterocycles. The van der Waals surface area contributed by atoms with Gasteiger partial charge in [-0.2, -0.15) is 5.26 Å². The third-order valence-corrected chi connectivity index (χ3v) is 12.8. The minimum absolute atomic E-state index is 0.749. The van der Waals surface area contributed by atoms with Gasteiger partial charge in [-0.1, -0.05) is 165 Å². The Morgan fingerprint density at radius 2 is 0.879 bits per heavy atom. The molecule has 12 aromatic rings. The molecule has 1 heteroatoms. The van der Waals surface area contributed by atoms with Crippen LogP contribution in [0.3, 0.4) is 0 Å². The maximum atomic E-state index is 9.70. The highest BCUT2D eigenvalue weighted by atomic mass is 14.3. The van der Waals surface area contributed by atoms with E-state index >= 15 is 0 Å². The van der Waals surface area contributed by atoms with Crippen molar-refractivity contribution in [3.63, 3.8) is 0 Å². The van der Waals surface area contributed by atoms with E-state index in [4.69, 9.17) is 0 Å². The van der Waals surface area contributed by atoms with Crippen molar-refractivity contribution in [1.29, 1.82) is 5.26 Å². The molecule has 0 atom stereocenters. The molecule has 0 spiro atoms. The quantitative estimate of drug-likeness (QED) is 0.162. The van der Waals surface area contributed by atoms with Crippen LogP contribution in [-0.4, -0.2) is 0 Å². The Bertz CT molecular complexity index is 3650. The molecule has 0 fully saturated rings. The van der Waals surface area contributed by atoms with Crippen molar-refractivity contribution in [2.45, 2.75) is 13.3 Å². The van der Waals surface area contributed by atoms with E-state index in [1.807, 2.05) is 6.07 Å². The van der Waals surface area contributed by atoms with E-state index in [1.54, 1.807) is 0 Å². The lowest BCUT2D eigenvalue weighted by Gasteiger charge is -2.19. The van der Waals surface area contributed by atoms with Gasteiger partial charge in [-0.3, -0.25) is 0 Å². The van der Waals surface area contributed by atoms with Crippen LogP contribution in [0.5, 0.6) is 0 Å². The summed E-state index contributed by atoms with van der Waals surface area (Å²) < 4.78 is 0. The summed E-state index contributed by atoms with van der Waals surface area (Å²) in [5, 5.41) is 27.9. The summed E-state index contributed by atoms with van der Waals surface area (Å²) in [7, 11) is 0.